The van der Waals surface area contributed by atoms with Gasteiger partial charge in [0.15, 0.2) is 0 Å². The standard InChI is InChI=1S/C13H7FIN3O2/c14-8-2-4-11(9(15)6-8)18-12-3-1-7(13(19)20)5-10(12)16-17-18/h1-6H,(H,19,20). The van der Waals surface area contributed by atoms with E-state index in [1.807, 2.05) is 22.6 Å². The van der Waals surface area contributed by atoms with Gasteiger partial charge in [-0.25, -0.2) is 13.9 Å². The predicted molar refractivity (Wildman–Crippen MR) is 78.5 cm³/mol. The van der Waals surface area contributed by atoms with E-state index in [-0.39, 0.29) is 11.4 Å². The van der Waals surface area contributed by atoms with Crippen molar-refractivity contribution < 1.29 is 14.3 Å². The first-order valence-electron chi connectivity index (χ1n) is 5.60. The molecule has 1 aromatic heterocycles. The first-order chi connectivity index (χ1) is 9.56. The molecule has 0 aliphatic heterocycles. The molecule has 2 aromatic carbocycles. The van der Waals surface area contributed by atoms with Crippen LogP contribution < -0.4 is 0 Å². The van der Waals surface area contributed by atoms with Gasteiger partial charge in [0, 0.05) is 3.57 Å². The molecular formula is C13H7FIN3O2. The Morgan fingerprint density at radius 1 is 1.25 bits per heavy atom. The highest BCUT2D eigenvalue weighted by Gasteiger charge is 2.12. The van der Waals surface area contributed by atoms with Crippen LogP contribution >= 0.6 is 22.6 Å². The molecule has 0 saturated heterocycles. The lowest BCUT2D eigenvalue weighted by atomic mass is 10.2. The number of halogens is 2. The van der Waals surface area contributed by atoms with Gasteiger partial charge >= 0.3 is 5.97 Å². The van der Waals surface area contributed by atoms with Crippen molar-refractivity contribution >= 4 is 39.6 Å². The molecule has 5 nitrogen and oxygen atoms in total. The van der Waals surface area contributed by atoms with Crippen molar-refractivity contribution in [3.8, 4) is 5.69 Å². The third-order valence-corrected chi connectivity index (χ3v) is 3.69. The van der Waals surface area contributed by atoms with Crippen molar-refractivity contribution in [3.63, 3.8) is 0 Å². The summed E-state index contributed by atoms with van der Waals surface area (Å²) in [6.45, 7) is 0. The minimum Gasteiger partial charge on any atom is -0.478 e. The molecule has 0 atom stereocenters. The lowest BCUT2D eigenvalue weighted by molar-refractivity contribution is 0.0697. The molecule has 7 heteroatoms. The maximum Gasteiger partial charge on any atom is 0.335 e. The van der Waals surface area contributed by atoms with Crippen LogP contribution in [0.1, 0.15) is 10.4 Å². The molecular weight excluding hydrogens is 376 g/mol. The molecule has 0 fully saturated rings. The number of rotatable bonds is 2. The third kappa shape index (κ3) is 2.13. The second-order valence-electron chi connectivity index (χ2n) is 4.11. The average molecular weight is 383 g/mol. The summed E-state index contributed by atoms with van der Waals surface area (Å²) >= 11 is 2.01. The largest absolute Gasteiger partial charge is 0.478 e. The molecule has 0 aliphatic rings. The summed E-state index contributed by atoms with van der Waals surface area (Å²) in [6, 6.07) is 8.93. The highest BCUT2D eigenvalue weighted by atomic mass is 127. The molecule has 20 heavy (non-hydrogen) atoms. The van der Waals surface area contributed by atoms with Gasteiger partial charge < -0.3 is 5.11 Å². The Morgan fingerprint density at radius 2 is 2.05 bits per heavy atom. The second-order valence-corrected chi connectivity index (χ2v) is 5.27. The summed E-state index contributed by atoms with van der Waals surface area (Å²) in [7, 11) is 0. The van der Waals surface area contributed by atoms with Crippen LogP contribution in [0.2, 0.25) is 0 Å². The van der Waals surface area contributed by atoms with Gasteiger partial charge in [0.05, 0.1) is 16.8 Å². The van der Waals surface area contributed by atoms with E-state index < -0.39 is 5.97 Å². The van der Waals surface area contributed by atoms with Crippen LogP contribution in [0.25, 0.3) is 16.7 Å². The first kappa shape index (κ1) is 13.0. The molecule has 0 saturated carbocycles. The summed E-state index contributed by atoms with van der Waals surface area (Å²) < 4.78 is 15.4. The van der Waals surface area contributed by atoms with Crippen LogP contribution in [0, 0.1) is 9.39 Å². The van der Waals surface area contributed by atoms with Crippen LogP contribution in [-0.4, -0.2) is 26.1 Å². The molecule has 0 aliphatic carbocycles. The van der Waals surface area contributed by atoms with Gasteiger partial charge in [-0.15, -0.1) is 5.10 Å². The monoisotopic (exact) mass is 383 g/mol. The van der Waals surface area contributed by atoms with E-state index in [2.05, 4.69) is 10.3 Å². The topological polar surface area (TPSA) is 68.0 Å². The minimum atomic E-state index is -1.02. The Morgan fingerprint density at radius 3 is 2.75 bits per heavy atom. The fourth-order valence-corrected chi connectivity index (χ4v) is 2.59. The second kappa shape index (κ2) is 4.82. The van der Waals surface area contributed by atoms with Gasteiger partial charge in [-0.1, -0.05) is 5.21 Å². The number of nitrogens with zero attached hydrogens (tertiary/aromatic N) is 3. The fourth-order valence-electron chi connectivity index (χ4n) is 1.89. The summed E-state index contributed by atoms with van der Waals surface area (Å²) in [5.41, 5.74) is 1.99. The van der Waals surface area contributed by atoms with Gasteiger partial charge in [-0.2, -0.15) is 0 Å². The van der Waals surface area contributed by atoms with E-state index in [1.54, 1.807) is 16.8 Å². The molecule has 0 unspecified atom stereocenters. The fraction of sp³-hybridized carbons (Fsp3) is 0. The Bertz CT molecular complexity index is 832. The van der Waals surface area contributed by atoms with E-state index in [1.165, 1.54) is 24.3 Å². The molecule has 0 radical (unpaired) electrons. The van der Waals surface area contributed by atoms with Crippen LogP contribution in [-0.2, 0) is 0 Å². The SMILES string of the molecule is O=C(O)c1ccc2c(c1)nnn2-c1ccc(F)cc1I. The number of fused-ring (bicyclic) bond motifs is 1. The van der Waals surface area contributed by atoms with Gasteiger partial charge in [-0.3, -0.25) is 0 Å². The van der Waals surface area contributed by atoms with Gasteiger partial charge in [0.1, 0.15) is 11.3 Å². The van der Waals surface area contributed by atoms with Crippen molar-refractivity contribution in [2.75, 3.05) is 0 Å². The highest BCUT2D eigenvalue weighted by Crippen LogP contribution is 2.22. The van der Waals surface area contributed by atoms with E-state index in [4.69, 9.17) is 5.11 Å². The molecule has 0 bridgehead atoms. The third-order valence-electron chi connectivity index (χ3n) is 2.83. The normalized spacial score (nSPS) is 10.9. The maximum atomic E-state index is 13.1. The zero-order valence-electron chi connectivity index (χ0n) is 9.92. The van der Waals surface area contributed by atoms with Crippen molar-refractivity contribution in [2.24, 2.45) is 0 Å². The van der Waals surface area contributed by atoms with Gasteiger partial charge in [-0.05, 0) is 59.0 Å². The number of aromatic nitrogens is 3. The van der Waals surface area contributed by atoms with Crippen LogP contribution in [0.4, 0.5) is 4.39 Å². The molecule has 0 amide bonds. The average Bonchev–Trinajstić information content (AvgIpc) is 2.81. The number of carboxylic acids is 1. The Hall–Kier alpha value is -2.03. The number of benzene rings is 2. The number of aromatic carboxylic acids is 1. The zero-order chi connectivity index (χ0) is 14.3. The Balaban J connectivity index is 2.20. The van der Waals surface area contributed by atoms with Crippen molar-refractivity contribution in [2.45, 2.75) is 0 Å². The van der Waals surface area contributed by atoms with Crippen molar-refractivity contribution in [1.82, 2.24) is 15.0 Å². The number of hydrogen-bond acceptors (Lipinski definition) is 3. The quantitative estimate of drug-likeness (QED) is 0.692. The number of carboxylic acid groups (broad SMARTS) is 1. The van der Waals surface area contributed by atoms with Crippen molar-refractivity contribution in [3.05, 3.63) is 51.3 Å². The summed E-state index contributed by atoms with van der Waals surface area (Å²) in [6.07, 6.45) is 0. The Labute approximate surface area is 126 Å². The molecule has 1 heterocycles. The smallest absolute Gasteiger partial charge is 0.335 e. The van der Waals surface area contributed by atoms with Crippen LogP contribution in [0.5, 0.6) is 0 Å². The molecule has 3 aromatic rings. The van der Waals surface area contributed by atoms with E-state index in [0.717, 1.165) is 0 Å². The first-order valence-corrected chi connectivity index (χ1v) is 6.68. The zero-order valence-corrected chi connectivity index (χ0v) is 12.1. The van der Waals surface area contributed by atoms with E-state index >= 15 is 0 Å². The predicted octanol–water partition coefficient (Wildman–Crippen LogP) is 2.86. The summed E-state index contributed by atoms with van der Waals surface area (Å²) in [4.78, 5) is 10.9. The van der Waals surface area contributed by atoms with Gasteiger partial charge in [0.2, 0.25) is 0 Å². The lowest BCUT2D eigenvalue weighted by Gasteiger charge is -2.05. The molecule has 100 valence electrons. The summed E-state index contributed by atoms with van der Waals surface area (Å²) in [5.74, 6) is -1.34. The van der Waals surface area contributed by atoms with Crippen LogP contribution in [0.15, 0.2) is 36.4 Å². The van der Waals surface area contributed by atoms with Gasteiger partial charge in [0.25, 0.3) is 0 Å². The minimum absolute atomic E-state index is 0.151. The molecule has 1 N–H and O–H groups in total. The molecule has 3 rings (SSSR count). The molecule has 0 spiro atoms. The van der Waals surface area contributed by atoms with E-state index in [9.17, 15) is 9.18 Å². The highest BCUT2D eigenvalue weighted by molar-refractivity contribution is 14.1. The van der Waals surface area contributed by atoms with Crippen LogP contribution in [0.3, 0.4) is 0 Å². The lowest BCUT2D eigenvalue weighted by Crippen LogP contribution is -2.00. The van der Waals surface area contributed by atoms with Crippen molar-refractivity contribution in [1.29, 1.82) is 0 Å². The van der Waals surface area contributed by atoms with E-state index in [0.29, 0.717) is 20.3 Å². The maximum absolute atomic E-state index is 13.1. The number of hydrogen-bond donors (Lipinski definition) is 1. The summed E-state index contributed by atoms with van der Waals surface area (Å²) in [5, 5.41) is 16.9. The number of carbonyl (C=O) groups is 1. The Kier molecular flexibility index (Phi) is 3.13.